The van der Waals surface area contributed by atoms with Crippen LogP contribution in [0.15, 0.2) is 53.4 Å². The maximum atomic E-state index is 12.5. The highest BCUT2D eigenvalue weighted by atomic mass is 32.2. The van der Waals surface area contributed by atoms with Gasteiger partial charge in [0, 0.05) is 11.7 Å². The zero-order valence-corrected chi connectivity index (χ0v) is 15.5. The number of rotatable bonds is 5. The van der Waals surface area contributed by atoms with Crippen molar-refractivity contribution in [3.63, 3.8) is 0 Å². The van der Waals surface area contributed by atoms with Gasteiger partial charge < -0.3 is 10.6 Å². The van der Waals surface area contributed by atoms with Crippen molar-refractivity contribution in [2.75, 3.05) is 10.0 Å². The highest BCUT2D eigenvalue weighted by molar-refractivity contribution is 7.92. The minimum absolute atomic E-state index is 0.194. The Hall–Kier alpha value is -2.12. The first-order valence-corrected chi connectivity index (χ1v) is 9.43. The average molecular weight is 364 g/mol. The Morgan fingerprint density at radius 1 is 1.04 bits per heavy atom. The lowest BCUT2D eigenvalue weighted by Crippen LogP contribution is -2.33. The van der Waals surface area contributed by atoms with Crippen LogP contribution >= 0.6 is 12.2 Å². The maximum Gasteiger partial charge on any atom is 0.261 e. The largest absolute Gasteiger partial charge is 0.360 e. The van der Waals surface area contributed by atoms with E-state index in [1.165, 1.54) is 0 Å². The molecule has 0 aliphatic carbocycles. The predicted octanol–water partition coefficient (Wildman–Crippen LogP) is 3.49. The fraction of sp³-hybridized carbons (Fsp3) is 0.235. The Morgan fingerprint density at radius 3 is 2.25 bits per heavy atom. The molecule has 0 aliphatic rings. The molecule has 2 aromatic carbocycles. The van der Waals surface area contributed by atoms with E-state index in [2.05, 4.69) is 15.4 Å². The molecule has 3 N–H and O–H groups in total. The number of sulfonamides is 1. The first kappa shape index (κ1) is 18.2. The molecule has 0 radical (unpaired) electrons. The van der Waals surface area contributed by atoms with Crippen LogP contribution in [-0.4, -0.2) is 19.6 Å². The molecule has 0 spiro atoms. The van der Waals surface area contributed by atoms with Crippen LogP contribution in [0, 0.1) is 6.92 Å². The Kier molecular flexibility index (Phi) is 5.80. The number of benzene rings is 2. The molecule has 0 atom stereocenters. The highest BCUT2D eigenvalue weighted by Crippen LogP contribution is 2.20. The fourth-order valence-electron chi connectivity index (χ4n) is 2.04. The molecule has 0 saturated heterocycles. The second kappa shape index (κ2) is 7.63. The summed E-state index contributed by atoms with van der Waals surface area (Å²) in [7, 11) is -3.63. The summed E-state index contributed by atoms with van der Waals surface area (Å²) < 4.78 is 27.5. The van der Waals surface area contributed by atoms with Gasteiger partial charge in [-0.1, -0.05) is 18.2 Å². The number of hydrogen-bond donors (Lipinski definition) is 3. The summed E-state index contributed by atoms with van der Waals surface area (Å²) in [5, 5.41) is 6.58. The van der Waals surface area contributed by atoms with Crippen LogP contribution in [0.1, 0.15) is 19.4 Å². The summed E-state index contributed by atoms with van der Waals surface area (Å²) in [4.78, 5) is 0.194. The standard InChI is InChI=1S/C17H21N3O2S2/c1-12(2)18-17(23)19-14-8-10-15(11-9-14)24(21,22)20-16-7-5-4-6-13(16)3/h4-12,20H,1-3H3,(H2,18,19,23). The zero-order chi connectivity index (χ0) is 17.7. The Balaban J connectivity index is 2.12. The third-order valence-corrected chi connectivity index (χ3v) is 4.83. The van der Waals surface area contributed by atoms with Gasteiger partial charge in [-0.15, -0.1) is 0 Å². The molecule has 0 aliphatic heterocycles. The van der Waals surface area contributed by atoms with E-state index in [-0.39, 0.29) is 10.9 Å². The van der Waals surface area contributed by atoms with Gasteiger partial charge in [-0.25, -0.2) is 8.42 Å². The summed E-state index contributed by atoms with van der Waals surface area (Å²) in [6, 6.07) is 13.9. The Morgan fingerprint density at radius 2 is 1.67 bits per heavy atom. The summed E-state index contributed by atoms with van der Waals surface area (Å²) >= 11 is 5.17. The van der Waals surface area contributed by atoms with E-state index in [9.17, 15) is 8.42 Å². The minimum Gasteiger partial charge on any atom is -0.360 e. The SMILES string of the molecule is Cc1ccccc1NS(=O)(=O)c1ccc(NC(=S)NC(C)C)cc1. The summed E-state index contributed by atoms with van der Waals surface area (Å²) in [6.45, 7) is 5.83. The van der Waals surface area contributed by atoms with Gasteiger partial charge in [0.15, 0.2) is 5.11 Å². The van der Waals surface area contributed by atoms with Gasteiger partial charge in [0.25, 0.3) is 10.0 Å². The highest BCUT2D eigenvalue weighted by Gasteiger charge is 2.15. The van der Waals surface area contributed by atoms with E-state index in [4.69, 9.17) is 12.2 Å². The number of anilines is 2. The topological polar surface area (TPSA) is 70.2 Å². The molecule has 2 rings (SSSR count). The van der Waals surface area contributed by atoms with Crippen LogP contribution in [-0.2, 0) is 10.0 Å². The van der Waals surface area contributed by atoms with Gasteiger partial charge in [-0.3, -0.25) is 4.72 Å². The van der Waals surface area contributed by atoms with Crippen molar-refractivity contribution in [2.45, 2.75) is 31.7 Å². The third-order valence-electron chi connectivity index (χ3n) is 3.23. The molecule has 2 aromatic rings. The molecule has 0 amide bonds. The molecule has 0 saturated carbocycles. The summed E-state index contributed by atoms with van der Waals surface area (Å²) in [6.07, 6.45) is 0. The molecule has 0 aromatic heterocycles. The van der Waals surface area contributed by atoms with Crippen LogP contribution in [0.3, 0.4) is 0 Å². The normalized spacial score (nSPS) is 11.2. The number of nitrogens with one attached hydrogen (secondary N) is 3. The van der Waals surface area contributed by atoms with E-state index < -0.39 is 10.0 Å². The lowest BCUT2D eigenvalue weighted by molar-refractivity contribution is 0.601. The molecule has 5 nitrogen and oxygen atoms in total. The van der Waals surface area contributed by atoms with Crippen molar-refractivity contribution < 1.29 is 8.42 Å². The number of thiocarbonyl (C=S) groups is 1. The van der Waals surface area contributed by atoms with E-state index in [0.29, 0.717) is 10.8 Å². The van der Waals surface area contributed by atoms with Gasteiger partial charge in [0.2, 0.25) is 0 Å². The van der Waals surface area contributed by atoms with Crippen molar-refractivity contribution >= 4 is 38.7 Å². The average Bonchev–Trinajstić information content (AvgIpc) is 2.49. The van der Waals surface area contributed by atoms with E-state index in [0.717, 1.165) is 11.3 Å². The number of aryl methyl sites for hydroxylation is 1. The molecule has 0 heterocycles. The molecule has 24 heavy (non-hydrogen) atoms. The Bertz CT molecular complexity index is 816. The quantitative estimate of drug-likeness (QED) is 0.710. The van der Waals surface area contributed by atoms with Crippen molar-refractivity contribution in [3.8, 4) is 0 Å². The van der Waals surface area contributed by atoms with Crippen molar-refractivity contribution in [1.29, 1.82) is 0 Å². The van der Waals surface area contributed by atoms with Gasteiger partial charge in [0.05, 0.1) is 10.6 Å². The second-order valence-electron chi connectivity index (χ2n) is 5.70. The van der Waals surface area contributed by atoms with E-state index in [1.807, 2.05) is 32.9 Å². The molecule has 7 heteroatoms. The molecule has 0 bridgehead atoms. The number of hydrogen-bond acceptors (Lipinski definition) is 3. The first-order chi connectivity index (χ1) is 11.3. The van der Waals surface area contributed by atoms with Crippen LogP contribution in [0.2, 0.25) is 0 Å². The van der Waals surface area contributed by atoms with E-state index >= 15 is 0 Å². The molecule has 128 valence electrons. The monoisotopic (exact) mass is 363 g/mol. The maximum absolute atomic E-state index is 12.5. The predicted molar refractivity (Wildman–Crippen MR) is 103 cm³/mol. The molecular formula is C17H21N3O2S2. The fourth-order valence-corrected chi connectivity index (χ4v) is 3.52. The van der Waals surface area contributed by atoms with Crippen LogP contribution in [0.5, 0.6) is 0 Å². The smallest absolute Gasteiger partial charge is 0.261 e. The summed E-state index contributed by atoms with van der Waals surface area (Å²) in [5.74, 6) is 0. The summed E-state index contributed by atoms with van der Waals surface area (Å²) in [5.41, 5.74) is 2.16. The molecule has 0 fully saturated rings. The van der Waals surface area contributed by atoms with Crippen molar-refractivity contribution in [3.05, 3.63) is 54.1 Å². The zero-order valence-electron chi connectivity index (χ0n) is 13.8. The lowest BCUT2D eigenvalue weighted by atomic mass is 10.2. The van der Waals surface area contributed by atoms with Crippen LogP contribution in [0.25, 0.3) is 0 Å². The van der Waals surface area contributed by atoms with Gasteiger partial charge in [-0.2, -0.15) is 0 Å². The van der Waals surface area contributed by atoms with E-state index in [1.54, 1.807) is 36.4 Å². The lowest BCUT2D eigenvalue weighted by Gasteiger charge is -2.14. The molecule has 0 unspecified atom stereocenters. The molecular weight excluding hydrogens is 342 g/mol. The van der Waals surface area contributed by atoms with Crippen molar-refractivity contribution in [2.24, 2.45) is 0 Å². The number of para-hydroxylation sites is 1. The Labute approximate surface area is 148 Å². The second-order valence-corrected chi connectivity index (χ2v) is 7.79. The first-order valence-electron chi connectivity index (χ1n) is 7.54. The van der Waals surface area contributed by atoms with Gasteiger partial charge in [-0.05, 0) is 68.9 Å². The van der Waals surface area contributed by atoms with Crippen molar-refractivity contribution in [1.82, 2.24) is 5.32 Å². The third kappa shape index (κ3) is 4.94. The van der Waals surface area contributed by atoms with Crippen LogP contribution < -0.4 is 15.4 Å². The van der Waals surface area contributed by atoms with Gasteiger partial charge >= 0.3 is 0 Å². The minimum atomic E-state index is -3.63. The van der Waals surface area contributed by atoms with Crippen LogP contribution in [0.4, 0.5) is 11.4 Å². The van der Waals surface area contributed by atoms with Gasteiger partial charge in [0.1, 0.15) is 0 Å².